The number of alkyl halides is 3. The predicted octanol–water partition coefficient (Wildman–Crippen LogP) is 5.24. The summed E-state index contributed by atoms with van der Waals surface area (Å²) in [7, 11) is 0. The van der Waals surface area contributed by atoms with Crippen molar-refractivity contribution in [3.05, 3.63) is 72.6 Å². The van der Waals surface area contributed by atoms with Gasteiger partial charge in [0.25, 0.3) is 5.91 Å². The molecule has 0 aliphatic heterocycles. The predicted molar refractivity (Wildman–Crippen MR) is 100 cm³/mol. The van der Waals surface area contributed by atoms with Crippen molar-refractivity contribution in [3.63, 3.8) is 0 Å². The SMILES string of the molecule is O=C(Nc1cccc(OC(F)(F)F)c1)c1ccc2nc(-n3cccc3)sc2c1. The molecular formula is C19H12F3N3O2S. The van der Waals surface area contributed by atoms with Crippen LogP contribution >= 0.6 is 11.3 Å². The highest BCUT2D eigenvalue weighted by atomic mass is 32.1. The zero-order valence-electron chi connectivity index (χ0n) is 14.1. The maximum atomic E-state index is 12.5. The first-order valence-corrected chi connectivity index (χ1v) is 8.90. The van der Waals surface area contributed by atoms with Crippen molar-refractivity contribution in [1.29, 1.82) is 0 Å². The van der Waals surface area contributed by atoms with Gasteiger partial charge in [-0.15, -0.1) is 13.2 Å². The number of rotatable bonds is 4. The number of nitrogens with one attached hydrogen (secondary N) is 1. The lowest BCUT2D eigenvalue weighted by Gasteiger charge is -2.10. The average Bonchev–Trinajstić information content (AvgIpc) is 3.29. The van der Waals surface area contributed by atoms with Crippen molar-refractivity contribution >= 4 is 33.1 Å². The largest absolute Gasteiger partial charge is 0.573 e. The summed E-state index contributed by atoms with van der Waals surface area (Å²) in [6, 6.07) is 14.0. The molecule has 9 heteroatoms. The van der Waals surface area contributed by atoms with Crippen LogP contribution in [0.2, 0.25) is 0 Å². The summed E-state index contributed by atoms with van der Waals surface area (Å²) >= 11 is 1.43. The van der Waals surface area contributed by atoms with E-state index in [0.717, 1.165) is 27.5 Å². The third-order valence-corrected chi connectivity index (χ3v) is 4.82. The number of nitrogens with zero attached hydrogens (tertiary/aromatic N) is 2. The number of fused-ring (bicyclic) bond motifs is 1. The molecule has 0 aliphatic rings. The zero-order valence-corrected chi connectivity index (χ0v) is 14.9. The van der Waals surface area contributed by atoms with Gasteiger partial charge >= 0.3 is 6.36 Å². The molecule has 2 aromatic carbocycles. The van der Waals surface area contributed by atoms with Crippen LogP contribution in [0.5, 0.6) is 5.75 Å². The number of ether oxygens (including phenoxy) is 1. The van der Waals surface area contributed by atoms with Gasteiger partial charge in [-0.2, -0.15) is 0 Å². The summed E-state index contributed by atoms with van der Waals surface area (Å²) in [5, 5.41) is 3.35. The summed E-state index contributed by atoms with van der Waals surface area (Å²) < 4.78 is 43.6. The first kappa shape index (κ1) is 18.1. The van der Waals surface area contributed by atoms with Crippen molar-refractivity contribution in [3.8, 4) is 10.9 Å². The molecule has 4 aromatic rings. The molecule has 5 nitrogen and oxygen atoms in total. The van der Waals surface area contributed by atoms with Crippen LogP contribution in [-0.2, 0) is 0 Å². The molecule has 0 fully saturated rings. The second kappa shape index (κ2) is 7.01. The highest BCUT2D eigenvalue weighted by Crippen LogP contribution is 2.27. The van der Waals surface area contributed by atoms with E-state index in [4.69, 9.17) is 0 Å². The molecule has 142 valence electrons. The Labute approximate surface area is 161 Å². The van der Waals surface area contributed by atoms with Crippen LogP contribution in [0.25, 0.3) is 15.3 Å². The number of halogens is 3. The molecule has 2 heterocycles. The molecule has 0 radical (unpaired) electrons. The minimum Gasteiger partial charge on any atom is -0.406 e. The number of aromatic nitrogens is 2. The van der Waals surface area contributed by atoms with Gasteiger partial charge in [-0.05, 0) is 42.5 Å². The number of hydrogen-bond donors (Lipinski definition) is 1. The number of thiazole rings is 1. The van der Waals surface area contributed by atoms with Gasteiger partial charge in [0.1, 0.15) is 5.75 Å². The fraction of sp³-hybridized carbons (Fsp3) is 0.0526. The van der Waals surface area contributed by atoms with E-state index in [9.17, 15) is 18.0 Å². The average molecular weight is 403 g/mol. The van der Waals surface area contributed by atoms with Gasteiger partial charge in [-0.25, -0.2) is 4.98 Å². The van der Waals surface area contributed by atoms with E-state index >= 15 is 0 Å². The third-order valence-electron chi connectivity index (χ3n) is 3.79. The van der Waals surface area contributed by atoms with Gasteiger partial charge in [0.05, 0.1) is 10.2 Å². The number of carbonyl (C=O) groups is 1. The summed E-state index contributed by atoms with van der Waals surface area (Å²) in [6.45, 7) is 0. The molecule has 0 bridgehead atoms. The van der Waals surface area contributed by atoms with Gasteiger partial charge in [0.15, 0.2) is 5.13 Å². The first-order valence-electron chi connectivity index (χ1n) is 8.08. The molecule has 4 rings (SSSR count). The lowest BCUT2D eigenvalue weighted by atomic mass is 10.2. The number of carbonyl (C=O) groups excluding carboxylic acids is 1. The molecule has 0 spiro atoms. The Morgan fingerprint density at radius 3 is 2.61 bits per heavy atom. The maximum absolute atomic E-state index is 12.5. The monoisotopic (exact) mass is 403 g/mol. The van der Waals surface area contributed by atoms with Crippen molar-refractivity contribution in [2.75, 3.05) is 5.32 Å². The highest BCUT2D eigenvalue weighted by Gasteiger charge is 2.31. The van der Waals surface area contributed by atoms with Gasteiger partial charge in [-0.3, -0.25) is 4.79 Å². The number of hydrogen-bond acceptors (Lipinski definition) is 4. The Morgan fingerprint density at radius 1 is 1.07 bits per heavy atom. The minimum absolute atomic E-state index is 0.198. The van der Waals surface area contributed by atoms with E-state index in [1.165, 1.54) is 23.5 Å². The van der Waals surface area contributed by atoms with Crippen molar-refractivity contribution in [2.45, 2.75) is 6.36 Å². The quantitative estimate of drug-likeness (QED) is 0.507. The van der Waals surface area contributed by atoms with E-state index in [-0.39, 0.29) is 5.69 Å². The molecular weight excluding hydrogens is 391 g/mol. The molecule has 0 saturated heterocycles. The van der Waals surface area contributed by atoms with Crippen LogP contribution in [0.4, 0.5) is 18.9 Å². The Kier molecular flexibility index (Phi) is 4.52. The standard InChI is InChI=1S/C19H12F3N3O2S/c20-19(21,22)27-14-5-3-4-13(11-14)23-17(26)12-6-7-15-16(10-12)28-18(24-15)25-8-1-2-9-25/h1-11H,(H,23,26). The van der Waals surface area contributed by atoms with Gasteiger partial charge < -0.3 is 14.6 Å². The Bertz CT molecular complexity index is 1140. The fourth-order valence-electron chi connectivity index (χ4n) is 2.60. The van der Waals surface area contributed by atoms with Gasteiger partial charge in [-0.1, -0.05) is 17.4 Å². The lowest BCUT2D eigenvalue weighted by molar-refractivity contribution is -0.274. The van der Waals surface area contributed by atoms with E-state index in [1.807, 2.05) is 29.1 Å². The normalized spacial score (nSPS) is 11.5. The Morgan fingerprint density at radius 2 is 1.86 bits per heavy atom. The molecule has 1 amide bonds. The highest BCUT2D eigenvalue weighted by molar-refractivity contribution is 7.20. The maximum Gasteiger partial charge on any atom is 0.573 e. The summed E-state index contributed by atoms with van der Waals surface area (Å²) in [5.74, 6) is -0.846. The fourth-order valence-corrected chi connectivity index (χ4v) is 3.57. The minimum atomic E-state index is -4.79. The topological polar surface area (TPSA) is 56.1 Å². The van der Waals surface area contributed by atoms with Crippen molar-refractivity contribution < 1.29 is 22.7 Å². The second-order valence-electron chi connectivity index (χ2n) is 5.80. The van der Waals surface area contributed by atoms with Crippen LogP contribution in [0.1, 0.15) is 10.4 Å². The summed E-state index contributed by atoms with van der Waals surface area (Å²) in [5.41, 5.74) is 1.33. The Hall–Kier alpha value is -3.33. The molecule has 0 aliphatic carbocycles. The van der Waals surface area contributed by atoms with E-state index < -0.39 is 18.0 Å². The molecule has 2 aromatic heterocycles. The summed E-state index contributed by atoms with van der Waals surface area (Å²) in [6.07, 6.45) is -1.04. The van der Waals surface area contributed by atoms with Crippen LogP contribution in [0, 0.1) is 0 Å². The number of benzene rings is 2. The lowest BCUT2D eigenvalue weighted by Crippen LogP contribution is -2.17. The van der Waals surface area contributed by atoms with E-state index in [0.29, 0.717) is 5.56 Å². The van der Waals surface area contributed by atoms with Crippen LogP contribution in [0.3, 0.4) is 0 Å². The van der Waals surface area contributed by atoms with E-state index in [1.54, 1.807) is 18.2 Å². The third kappa shape index (κ3) is 3.99. The summed E-state index contributed by atoms with van der Waals surface area (Å²) in [4.78, 5) is 17.0. The second-order valence-corrected chi connectivity index (χ2v) is 6.81. The van der Waals surface area contributed by atoms with Crippen LogP contribution in [0.15, 0.2) is 67.0 Å². The Balaban J connectivity index is 1.55. The number of amides is 1. The molecule has 0 unspecified atom stereocenters. The van der Waals surface area contributed by atoms with Crippen molar-refractivity contribution in [2.24, 2.45) is 0 Å². The van der Waals surface area contributed by atoms with E-state index in [2.05, 4.69) is 15.0 Å². The molecule has 0 saturated carbocycles. The zero-order chi connectivity index (χ0) is 19.7. The smallest absolute Gasteiger partial charge is 0.406 e. The van der Waals surface area contributed by atoms with Crippen LogP contribution < -0.4 is 10.1 Å². The molecule has 0 atom stereocenters. The van der Waals surface area contributed by atoms with Gasteiger partial charge in [0.2, 0.25) is 0 Å². The molecule has 28 heavy (non-hydrogen) atoms. The first-order chi connectivity index (χ1) is 13.4. The molecule has 1 N–H and O–H groups in total. The van der Waals surface area contributed by atoms with Crippen LogP contribution in [-0.4, -0.2) is 21.8 Å². The number of anilines is 1. The van der Waals surface area contributed by atoms with Gasteiger partial charge in [0, 0.05) is 29.7 Å². The van der Waals surface area contributed by atoms with Crippen molar-refractivity contribution in [1.82, 2.24) is 9.55 Å².